The molecule has 100 valence electrons. The summed E-state index contributed by atoms with van der Waals surface area (Å²) >= 11 is 13.6. The van der Waals surface area contributed by atoms with E-state index >= 15 is 0 Å². The number of rotatable bonds is 4. The molecule has 0 amide bonds. The molecule has 0 radical (unpaired) electrons. The summed E-state index contributed by atoms with van der Waals surface area (Å²) in [5, 5.41) is 4.18. The molecule has 2 heterocycles. The van der Waals surface area contributed by atoms with E-state index in [0.29, 0.717) is 0 Å². The van der Waals surface area contributed by atoms with Gasteiger partial charge in [0.25, 0.3) is 0 Å². The van der Waals surface area contributed by atoms with Crippen molar-refractivity contribution >= 4 is 34.5 Å². The standard InChI is InChI=1S/C14H13Cl2NOS/c15-11-5-9-3-4-18-14(9)10(6-11)7-17-8-12-1-2-13(16)19-12/h1-2,5-6,17H,3-4,7-8H2. The van der Waals surface area contributed by atoms with Crippen molar-refractivity contribution in [2.75, 3.05) is 6.61 Å². The Kier molecular flexibility index (Phi) is 3.99. The van der Waals surface area contributed by atoms with Crippen LogP contribution in [-0.4, -0.2) is 6.61 Å². The van der Waals surface area contributed by atoms with Crippen molar-refractivity contribution in [3.63, 3.8) is 0 Å². The van der Waals surface area contributed by atoms with Gasteiger partial charge in [-0.1, -0.05) is 23.2 Å². The number of halogens is 2. The highest BCUT2D eigenvalue weighted by atomic mass is 35.5. The van der Waals surface area contributed by atoms with Gasteiger partial charge in [-0.25, -0.2) is 0 Å². The summed E-state index contributed by atoms with van der Waals surface area (Å²) in [7, 11) is 0. The molecule has 5 heteroatoms. The Bertz CT molecular complexity index is 597. The Morgan fingerprint density at radius 3 is 2.89 bits per heavy atom. The topological polar surface area (TPSA) is 21.3 Å². The van der Waals surface area contributed by atoms with Crippen molar-refractivity contribution in [1.82, 2.24) is 5.32 Å². The average molecular weight is 314 g/mol. The Morgan fingerprint density at radius 1 is 1.21 bits per heavy atom. The smallest absolute Gasteiger partial charge is 0.127 e. The van der Waals surface area contributed by atoms with Crippen molar-refractivity contribution in [3.8, 4) is 5.75 Å². The van der Waals surface area contributed by atoms with Gasteiger partial charge < -0.3 is 10.1 Å². The minimum absolute atomic E-state index is 0.748. The van der Waals surface area contributed by atoms with E-state index in [1.54, 1.807) is 11.3 Å². The number of thiophene rings is 1. The van der Waals surface area contributed by atoms with Crippen molar-refractivity contribution in [2.24, 2.45) is 0 Å². The predicted molar refractivity (Wildman–Crippen MR) is 80.5 cm³/mol. The van der Waals surface area contributed by atoms with Gasteiger partial charge in [0.1, 0.15) is 5.75 Å². The van der Waals surface area contributed by atoms with Crippen LogP contribution in [0.5, 0.6) is 5.75 Å². The lowest BCUT2D eigenvalue weighted by atomic mass is 10.1. The number of benzene rings is 1. The van der Waals surface area contributed by atoms with Crippen LogP contribution < -0.4 is 10.1 Å². The Morgan fingerprint density at radius 2 is 2.11 bits per heavy atom. The SMILES string of the molecule is Clc1cc2c(c(CNCc3ccc(Cl)s3)c1)OCC2. The average Bonchev–Trinajstić information content (AvgIpc) is 2.98. The molecule has 0 aliphatic carbocycles. The van der Waals surface area contributed by atoms with Crippen molar-refractivity contribution in [2.45, 2.75) is 19.5 Å². The fraction of sp³-hybridized carbons (Fsp3) is 0.286. The summed E-state index contributed by atoms with van der Waals surface area (Å²) in [6, 6.07) is 7.93. The molecule has 0 atom stereocenters. The van der Waals surface area contributed by atoms with E-state index in [0.717, 1.165) is 46.8 Å². The summed E-state index contributed by atoms with van der Waals surface area (Å²) in [5.41, 5.74) is 2.34. The predicted octanol–water partition coefficient (Wildman–Crippen LogP) is 4.28. The Hall–Kier alpha value is -0.740. The van der Waals surface area contributed by atoms with Crippen LogP contribution in [0.1, 0.15) is 16.0 Å². The van der Waals surface area contributed by atoms with Crippen LogP contribution in [0.2, 0.25) is 9.36 Å². The van der Waals surface area contributed by atoms with Gasteiger partial charge >= 0.3 is 0 Å². The van der Waals surface area contributed by atoms with Gasteiger partial charge in [-0.05, 0) is 29.8 Å². The summed E-state index contributed by atoms with van der Waals surface area (Å²) < 4.78 is 6.50. The molecule has 0 unspecified atom stereocenters. The first-order valence-electron chi connectivity index (χ1n) is 6.11. The molecule has 0 bridgehead atoms. The lowest BCUT2D eigenvalue weighted by Crippen LogP contribution is -2.12. The van der Waals surface area contributed by atoms with Crippen LogP contribution in [0.15, 0.2) is 24.3 Å². The number of hydrogen-bond acceptors (Lipinski definition) is 3. The van der Waals surface area contributed by atoms with Crippen LogP contribution in [0.4, 0.5) is 0 Å². The van der Waals surface area contributed by atoms with Gasteiger partial charge in [0, 0.05) is 35.0 Å². The van der Waals surface area contributed by atoms with Crippen LogP contribution in [0, 0.1) is 0 Å². The highest BCUT2D eigenvalue weighted by Gasteiger charge is 2.17. The zero-order valence-corrected chi connectivity index (χ0v) is 12.5. The molecule has 2 nitrogen and oxygen atoms in total. The zero-order valence-electron chi connectivity index (χ0n) is 10.2. The molecule has 1 aromatic heterocycles. The number of ether oxygens (including phenoxy) is 1. The lowest BCUT2D eigenvalue weighted by Gasteiger charge is -2.09. The van der Waals surface area contributed by atoms with Gasteiger partial charge in [-0.3, -0.25) is 0 Å². The highest BCUT2D eigenvalue weighted by Crippen LogP contribution is 2.32. The van der Waals surface area contributed by atoms with E-state index in [4.69, 9.17) is 27.9 Å². The van der Waals surface area contributed by atoms with E-state index in [-0.39, 0.29) is 0 Å². The Labute approximate surface area is 126 Å². The highest BCUT2D eigenvalue weighted by molar-refractivity contribution is 7.16. The van der Waals surface area contributed by atoms with Crippen LogP contribution in [0.25, 0.3) is 0 Å². The van der Waals surface area contributed by atoms with Gasteiger partial charge in [-0.2, -0.15) is 0 Å². The van der Waals surface area contributed by atoms with Crippen molar-refractivity contribution in [1.29, 1.82) is 0 Å². The summed E-state index contributed by atoms with van der Waals surface area (Å²) in [6.07, 6.45) is 0.948. The van der Waals surface area contributed by atoms with Gasteiger partial charge in [0.15, 0.2) is 0 Å². The molecule has 0 spiro atoms. The maximum Gasteiger partial charge on any atom is 0.127 e. The van der Waals surface area contributed by atoms with Crippen LogP contribution >= 0.6 is 34.5 Å². The molecular weight excluding hydrogens is 301 g/mol. The van der Waals surface area contributed by atoms with Crippen LogP contribution in [-0.2, 0) is 19.5 Å². The molecule has 0 saturated heterocycles. The number of nitrogens with one attached hydrogen (secondary N) is 1. The second kappa shape index (κ2) is 5.71. The van der Waals surface area contributed by atoms with E-state index in [9.17, 15) is 0 Å². The van der Waals surface area contributed by atoms with E-state index < -0.39 is 0 Å². The fourth-order valence-corrected chi connectivity index (χ4v) is 3.57. The largest absolute Gasteiger partial charge is 0.493 e. The maximum atomic E-state index is 6.13. The molecule has 1 aromatic carbocycles. The molecule has 2 aromatic rings. The number of hydrogen-bond donors (Lipinski definition) is 1. The first-order valence-corrected chi connectivity index (χ1v) is 7.68. The van der Waals surface area contributed by atoms with E-state index in [1.165, 1.54) is 10.4 Å². The third-order valence-electron chi connectivity index (χ3n) is 3.07. The molecule has 19 heavy (non-hydrogen) atoms. The minimum Gasteiger partial charge on any atom is -0.493 e. The minimum atomic E-state index is 0.748. The number of fused-ring (bicyclic) bond motifs is 1. The van der Waals surface area contributed by atoms with Crippen molar-refractivity contribution < 1.29 is 4.74 Å². The molecule has 0 fully saturated rings. The first-order chi connectivity index (χ1) is 9.22. The summed E-state index contributed by atoms with van der Waals surface area (Å²) in [4.78, 5) is 1.23. The molecule has 1 N–H and O–H groups in total. The van der Waals surface area contributed by atoms with E-state index in [1.807, 2.05) is 24.3 Å². The summed E-state index contributed by atoms with van der Waals surface area (Å²) in [6.45, 7) is 2.31. The van der Waals surface area contributed by atoms with E-state index in [2.05, 4.69) is 5.32 Å². The normalized spacial score (nSPS) is 13.4. The first kappa shape index (κ1) is 13.3. The third kappa shape index (κ3) is 3.06. The third-order valence-corrected chi connectivity index (χ3v) is 4.52. The van der Waals surface area contributed by atoms with Gasteiger partial charge in [-0.15, -0.1) is 11.3 Å². The molecular formula is C14H13Cl2NOS. The maximum absolute atomic E-state index is 6.13. The Balaban J connectivity index is 1.67. The van der Waals surface area contributed by atoms with Crippen molar-refractivity contribution in [3.05, 3.63) is 49.6 Å². The van der Waals surface area contributed by atoms with Gasteiger partial charge in [0.05, 0.1) is 10.9 Å². The van der Waals surface area contributed by atoms with Gasteiger partial charge in [0.2, 0.25) is 0 Å². The second-order valence-corrected chi connectivity index (χ2v) is 6.70. The molecule has 1 aliphatic rings. The molecule has 1 aliphatic heterocycles. The lowest BCUT2D eigenvalue weighted by molar-refractivity contribution is 0.352. The quantitative estimate of drug-likeness (QED) is 0.909. The van der Waals surface area contributed by atoms with Crippen LogP contribution in [0.3, 0.4) is 0 Å². The summed E-state index contributed by atoms with van der Waals surface area (Å²) in [5.74, 6) is 1.00. The molecule has 3 rings (SSSR count). The zero-order chi connectivity index (χ0) is 13.2. The monoisotopic (exact) mass is 313 g/mol. The molecule has 0 saturated carbocycles. The fourth-order valence-electron chi connectivity index (χ4n) is 2.24. The second-order valence-electron chi connectivity index (χ2n) is 4.46.